The number of carbonyl (C=O) groups is 1. The second kappa shape index (κ2) is 5.10. The largest absolute Gasteiger partial charge is 0.365 e. The van der Waals surface area contributed by atoms with Crippen molar-refractivity contribution in [1.29, 1.82) is 0 Å². The lowest BCUT2D eigenvalue weighted by Gasteiger charge is -2.21. The Balaban J connectivity index is 1.87. The van der Waals surface area contributed by atoms with E-state index in [1.54, 1.807) is 0 Å². The quantitative estimate of drug-likeness (QED) is 0.880. The van der Waals surface area contributed by atoms with Crippen LogP contribution in [-0.4, -0.2) is 28.3 Å². The van der Waals surface area contributed by atoms with E-state index in [1.165, 1.54) is 11.3 Å². The number of amides is 1. The predicted molar refractivity (Wildman–Crippen MR) is 64.7 cm³/mol. The first-order valence-corrected chi connectivity index (χ1v) is 6.69. The zero-order valence-corrected chi connectivity index (χ0v) is 11.0. The SMILES string of the molecule is CCc1nnc(CNC(=O)C2(C)CCCO2)s1. The van der Waals surface area contributed by atoms with Crippen molar-refractivity contribution in [3.8, 4) is 0 Å². The van der Waals surface area contributed by atoms with Crippen molar-refractivity contribution >= 4 is 17.2 Å². The van der Waals surface area contributed by atoms with Crippen LogP contribution in [0.3, 0.4) is 0 Å². The van der Waals surface area contributed by atoms with Gasteiger partial charge in [-0.05, 0) is 26.2 Å². The van der Waals surface area contributed by atoms with Gasteiger partial charge in [0.05, 0.1) is 6.54 Å². The highest BCUT2D eigenvalue weighted by Gasteiger charge is 2.37. The fraction of sp³-hybridized carbons (Fsp3) is 0.727. The fourth-order valence-corrected chi connectivity index (χ4v) is 2.53. The van der Waals surface area contributed by atoms with Gasteiger partial charge in [0.2, 0.25) is 0 Å². The molecule has 1 aromatic rings. The van der Waals surface area contributed by atoms with E-state index in [4.69, 9.17) is 4.74 Å². The summed E-state index contributed by atoms with van der Waals surface area (Å²) in [6.07, 6.45) is 2.62. The van der Waals surface area contributed by atoms with Crippen LogP contribution < -0.4 is 5.32 Å². The number of aromatic nitrogens is 2. The Morgan fingerprint density at radius 2 is 2.29 bits per heavy atom. The van der Waals surface area contributed by atoms with Crippen molar-refractivity contribution in [3.63, 3.8) is 0 Å². The normalized spacial score (nSPS) is 23.9. The number of rotatable bonds is 4. The van der Waals surface area contributed by atoms with E-state index in [0.29, 0.717) is 13.2 Å². The molecule has 1 aromatic heterocycles. The molecule has 1 N–H and O–H groups in total. The molecular weight excluding hydrogens is 238 g/mol. The molecule has 1 aliphatic rings. The lowest BCUT2D eigenvalue weighted by atomic mass is 10.0. The number of hydrogen-bond acceptors (Lipinski definition) is 5. The van der Waals surface area contributed by atoms with Crippen molar-refractivity contribution in [3.05, 3.63) is 10.0 Å². The number of ether oxygens (including phenoxy) is 1. The minimum absolute atomic E-state index is 0.0525. The molecule has 0 aromatic carbocycles. The molecule has 1 amide bonds. The van der Waals surface area contributed by atoms with E-state index in [2.05, 4.69) is 15.5 Å². The number of hydrogen-bond donors (Lipinski definition) is 1. The molecule has 17 heavy (non-hydrogen) atoms. The zero-order chi connectivity index (χ0) is 12.3. The minimum atomic E-state index is -0.654. The van der Waals surface area contributed by atoms with Crippen LogP contribution in [0, 0.1) is 0 Å². The van der Waals surface area contributed by atoms with Crippen LogP contribution in [0.25, 0.3) is 0 Å². The molecule has 1 saturated heterocycles. The average molecular weight is 255 g/mol. The predicted octanol–water partition coefficient (Wildman–Crippen LogP) is 1.29. The van der Waals surface area contributed by atoms with Gasteiger partial charge >= 0.3 is 0 Å². The zero-order valence-electron chi connectivity index (χ0n) is 10.2. The van der Waals surface area contributed by atoms with Gasteiger partial charge in [-0.1, -0.05) is 18.3 Å². The summed E-state index contributed by atoms with van der Waals surface area (Å²) in [5.74, 6) is -0.0525. The molecule has 0 aliphatic carbocycles. The van der Waals surface area contributed by atoms with Crippen molar-refractivity contribution in [2.45, 2.75) is 45.3 Å². The summed E-state index contributed by atoms with van der Waals surface area (Å²) in [4.78, 5) is 11.9. The summed E-state index contributed by atoms with van der Waals surface area (Å²) in [6, 6.07) is 0. The Morgan fingerprint density at radius 3 is 2.88 bits per heavy atom. The molecule has 1 fully saturated rings. The summed E-state index contributed by atoms with van der Waals surface area (Å²) < 4.78 is 5.47. The summed E-state index contributed by atoms with van der Waals surface area (Å²) in [5.41, 5.74) is -0.654. The van der Waals surface area contributed by atoms with Gasteiger partial charge < -0.3 is 10.1 Å². The molecule has 6 heteroatoms. The first-order valence-electron chi connectivity index (χ1n) is 5.87. The molecular formula is C11H17N3O2S. The third kappa shape index (κ3) is 2.81. The van der Waals surface area contributed by atoms with E-state index in [9.17, 15) is 4.79 Å². The monoisotopic (exact) mass is 255 g/mol. The van der Waals surface area contributed by atoms with Crippen molar-refractivity contribution in [2.75, 3.05) is 6.61 Å². The fourth-order valence-electron chi connectivity index (χ4n) is 1.80. The second-order valence-electron chi connectivity index (χ2n) is 4.31. The van der Waals surface area contributed by atoms with E-state index in [-0.39, 0.29) is 5.91 Å². The maximum atomic E-state index is 11.9. The van der Waals surface area contributed by atoms with E-state index < -0.39 is 5.60 Å². The van der Waals surface area contributed by atoms with E-state index in [1.807, 2.05) is 13.8 Å². The minimum Gasteiger partial charge on any atom is -0.365 e. The molecule has 2 heterocycles. The lowest BCUT2D eigenvalue weighted by Crippen LogP contribution is -2.43. The molecule has 0 bridgehead atoms. The van der Waals surface area contributed by atoms with Crippen LogP contribution in [0.1, 0.15) is 36.7 Å². The van der Waals surface area contributed by atoms with Crippen LogP contribution in [0.4, 0.5) is 0 Å². The van der Waals surface area contributed by atoms with Gasteiger partial charge in [0.25, 0.3) is 5.91 Å². The molecule has 2 rings (SSSR count). The van der Waals surface area contributed by atoms with Crippen LogP contribution >= 0.6 is 11.3 Å². The number of aryl methyl sites for hydroxylation is 1. The van der Waals surface area contributed by atoms with Crippen LogP contribution in [0.5, 0.6) is 0 Å². The lowest BCUT2D eigenvalue weighted by molar-refractivity contribution is -0.139. The Hall–Kier alpha value is -1.01. The highest BCUT2D eigenvalue weighted by Crippen LogP contribution is 2.25. The molecule has 1 aliphatic heterocycles. The first kappa shape index (κ1) is 12.4. The smallest absolute Gasteiger partial charge is 0.252 e. The van der Waals surface area contributed by atoms with Crippen molar-refractivity contribution in [1.82, 2.24) is 15.5 Å². The molecule has 0 spiro atoms. The van der Waals surface area contributed by atoms with Crippen molar-refractivity contribution < 1.29 is 9.53 Å². The molecule has 5 nitrogen and oxygen atoms in total. The summed E-state index contributed by atoms with van der Waals surface area (Å²) in [5, 5.41) is 12.7. The maximum Gasteiger partial charge on any atom is 0.252 e. The average Bonchev–Trinajstić information content (AvgIpc) is 2.95. The third-order valence-corrected chi connectivity index (χ3v) is 3.98. The van der Waals surface area contributed by atoms with Gasteiger partial charge in [-0.15, -0.1) is 10.2 Å². The number of carbonyl (C=O) groups excluding carboxylic acids is 1. The standard InChI is InChI=1S/C11H17N3O2S/c1-3-8-13-14-9(17-8)7-12-10(15)11(2)5-4-6-16-11/h3-7H2,1-2H3,(H,12,15). The highest BCUT2D eigenvalue weighted by atomic mass is 32.1. The highest BCUT2D eigenvalue weighted by molar-refractivity contribution is 7.11. The summed E-state index contributed by atoms with van der Waals surface area (Å²) in [6.45, 7) is 4.99. The molecule has 0 saturated carbocycles. The molecule has 1 unspecified atom stereocenters. The summed E-state index contributed by atoms with van der Waals surface area (Å²) >= 11 is 1.54. The Kier molecular flexibility index (Phi) is 3.73. The van der Waals surface area contributed by atoms with Gasteiger partial charge in [-0.25, -0.2) is 0 Å². The van der Waals surface area contributed by atoms with Crippen LogP contribution in [0.15, 0.2) is 0 Å². The van der Waals surface area contributed by atoms with E-state index >= 15 is 0 Å². The summed E-state index contributed by atoms with van der Waals surface area (Å²) in [7, 11) is 0. The second-order valence-corrected chi connectivity index (χ2v) is 5.46. The number of nitrogens with one attached hydrogen (secondary N) is 1. The molecule has 94 valence electrons. The maximum absolute atomic E-state index is 11.9. The van der Waals surface area contributed by atoms with Gasteiger partial charge in [-0.3, -0.25) is 4.79 Å². The number of nitrogens with zero attached hydrogens (tertiary/aromatic N) is 2. The van der Waals surface area contributed by atoms with Crippen LogP contribution in [-0.2, 0) is 22.5 Å². The van der Waals surface area contributed by atoms with Gasteiger partial charge in [-0.2, -0.15) is 0 Å². The van der Waals surface area contributed by atoms with Gasteiger partial charge in [0.1, 0.15) is 15.6 Å². The first-order chi connectivity index (χ1) is 8.14. The third-order valence-electron chi connectivity index (χ3n) is 2.91. The van der Waals surface area contributed by atoms with Crippen molar-refractivity contribution in [2.24, 2.45) is 0 Å². The molecule has 0 radical (unpaired) electrons. The molecule has 1 atom stereocenters. The van der Waals surface area contributed by atoms with Crippen LogP contribution in [0.2, 0.25) is 0 Å². The van der Waals surface area contributed by atoms with Gasteiger partial charge in [0, 0.05) is 6.61 Å². The Morgan fingerprint density at radius 1 is 1.53 bits per heavy atom. The topological polar surface area (TPSA) is 64.1 Å². The Bertz CT molecular complexity index is 399. The van der Waals surface area contributed by atoms with E-state index in [0.717, 1.165) is 29.3 Å². The van der Waals surface area contributed by atoms with Gasteiger partial charge in [0.15, 0.2) is 0 Å². The Labute approximate surface area is 105 Å².